The molecule has 0 aliphatic carbocycles. The van der Waals surface area contributed by atoms with Crippen LogP contribution < -0.4 is 22.1 Å². The zero-order valence-corrected chi connectivity index (χ0v) is 16.0. The average Bonchev–Trinajstić information content (AvgIpc) is 3.40. The molecule has 0 bridgehead atoms. The Hall–Kier alpha value is -3.50. The highest BCUT2D eigenvalue weighted by molar-refractivity contribution is 7.19. The Morgan fingerprint density at radius 3 is 1.43 bits per heavy atom. The van der Waals surface area contributed by atoms with Gasteiger partial charge in [-0.1, -0.05) is 0 Å². The number of rotatable bonds is 5. The second-order valence-corrected chi connectivity index (χ2v) is 7.90. The maximum atomic E-state index is 7.29. The fourth-order valence-corrected chi connectivity index (χ4v) is 4.31. The van der Waals surface area contributed by atoms with Crippen LogP contribution in [0.3, 0.4) is 0 Å². The summed E-state index contributed by atoms with van der Waals surface area (Å²) in [6, 6.07) is 15.0. The first-order valence-corrected chi connectivity index (χ1v) is 9.74. The van der Waals surface area contributed by atoms with Crippen LogP contribution in [-0.2, 0) is 0 Å². The Bertz CT molecular complexity index is 1060. The summed E-state index contributed by atoms with van der Waals surface area (Å²) in [7, 11) is 0. The van der Waals surface area contributed by atoms with E-state index in [2.05, 4.69) is 10.6 Å². The Morgan fingerprint density at radius 2 is 1.04 bits per heavy atom. The molecular weight excluding hydrogens is 396 g/mol. The van der Waals surface area contributed by atoms with Crippen LogP contribution in [0, 0.1) is 10.8 Å². The minimum absolute atomic E-state index is 0.105. The Balaban J connectivity index is 1.53. The Labute approximate surface area is 167 Å². The predicted octanol–water partition coefficient (Wildman–Crippen LogP) is 4.61. The molecule has 0 unspecified atom stereocenters. The van der Waals surface area contributed by atoms with Gasteiger partial charge in [0.15, 0.2) is 23.4 Å². The van der Waals surface area contributed by atoms with Crippen molar-refractivity contribution in [1.29, 1.82) is 10.8 Å². The van der Waals surface area contributed by atoms with Gasteiger partial charge in [0, 0.05) is 0 Å². The summed E-state index contributed by atoms with van der Waals surface area (Å²) < 4.78 is 11.9. The van der Waals surface area contributed by atoms with Gasteiger partial charge < -0.3 is 30.9 Å². The summed E-state index contributed by atoms with van der Waals surface area (Å²) in [6.07, 6.45) is 0. The van der Waals surface area contributed by atoms with E-state index in [0.29, 0.717) is 23.0 Å². The molecule has 0 aliphatic heterocycles. The second kappa shape index (κ2) is 7.25. The van der Waals surface area contributed by atoms with Gasteiger partial charge in [-0.2, -0.15) is 0 Å². The first-order valence-electron chi connectivity index (χ1n) is 8.10. The van der Waals surface area contributed by atoms with Gasteiger partial charge in [0.1, 0.15) is 11.5 Å². The highest BCUT2D eigenvalue weighted by Gasteiger charge is 2.14. The van der Waals surface area contributed by atoms with Crippen LogP contribution in [0.2, 0.25) is 0 Å². The smallest absolute Gasteiger partial charge is 0.190 e. The topological polar surface area (TPSA) is 150 Å². The molecule has 28 heavy (non-hydrogen) atoms. The van der Waals surface area contributed by atoms with Gasteiger partial charge in [-0.15, -0.1) is 22.7 Å². The van der Waals surface area contributed by atoms with E-state index in [0.717, 1.165) is 19.8 Å². The Morgan fingerprint density at radius 1 is 0.643 bits per heavy atom. The average molecular weight is 413 g/mol. The van der Waals surface area contributed by atoms with Crippen molar-refractivity contribution in [1.82, 2.24) is 0 Å². The van der Waals surface area contributed by atoms with Gasteiger partial charge >= 0.3 is 0 Å². The number of nitrogens with one attached hydrogen (secondary N) is 4. The van der Waals surface area contributed by atoms with Crippen molar-refractivity contribution in [3.63, 3.8) is 0 Å². The molecular formula is C18H16N6O2S2. The van der Waals surface area contributed by atoms with Crippen molar-refractivity contribution in [3.05, 3.63) is 48.5 Å². The van der Waals surface area contributed by atoms with Gasteiger partial charge in [0.05, 0.1) is 19.8 Å². The van der Waals surface area contributed by atoms with Crippen LogP contribution in [0.1, 0.15) is 0 Å². The number of anilines is 2. The minimum atomic E-state index is -0.105. The molecule has 0 saturated heterocycles. The molecule has 4 rings (SSSR count). The van der Waals surface area contributed by atoms with Gasteiger partial charge in [-0.25, -0.2) is 0 Å². The summed E-state index contributed by atoms with van der Waals surface area (Å²) in [5.74, 6) is 2.44. The van der Waals surface area contributed by atoms with E-state index in [1.807, 2.05) is 48.5 Å². The largest absolute Gasteiger partial charge is 0.452 e. The second-order valence-electron chi connectivity index (χ2n) is 5.73. The van der Waals surface area contributed by atoms with Crippen molar-refractivity contribution in [2.45, 2.75) is 0 Å². The van der Waals surface area contributed by atoms with E-state index in [9.17, 15) is 0 Å². The lowest BCUT2D eigenvalue weighted by Crippen LogP contribution is -2.19. The summed E-state index contributed by atoms with van der Waals surface area (Å²) in [5.41, 5.74) is 10.7. The summed E-state index contributed by atoms with van der Waals surface area (Å²) >= 11 is 2.89. The zero-order valence-electron chi connectivity index (χ0n) is 14.4. The molecule has 0 spiro atoms. The molecule has 142 valence electrons. The van der Waals surface area contributed by atoms with Crippen molar-refractivity contribution in [2.75, 3.05) is 10.6 Å². The monoisotopic (exact) mass is 412 g/mol. The fraction of sp³-hybridized carbons (Fsp3) is 0. The van der Waals surface area contributed by atoms with Crippen molar-refractivity contribution in [3.8, 4) is 32.8 Å². The van der Waals surface area contributed by atoms with Crippen molar-refractivity contribution in [2.24, 2.45) is 11.5 Å². The molecule has 0 aliphatic rings. The lowest BCUT2D eigenvalue weighted by molar-refractivity contribution is 0.540. The predicted molar refractivity (Wildman–Crippen MR) is 114 cm³/mol. The third-order valence-electron chi connectivity index (χ3n) is 3.67. The molecule has 4 aromatic heterocycles. The van der Waals surface area contributed by atoms with Crippen LogP contribution in [0.5, 0.6) is 0 Å². The molecule has 4 aromatic rings. The van der Waals surface area contributed by atoms with Crippen LogP contribution in [0.4, 0.5) is 10.0 Å². The normalized spacial score (nSPS) is 10.7. The maximum Gasteiger partial charge on any atom is 0.190 e. The number of nitrogens with two attached hydrogens (primary N) is 2. The first-order chi connectivity index (χ1) is 13.5. The fourth-order valence-electron chi connectivity index (χ4n) is 2.55. The highest BCUT2D eigenvalue weighted by atomic mass is 32.1. The van der Waals surface area contributed by atoms with Gasteiger partial charge in [0.2, 0.25) is 0 Å². The SMILES string of the molecule is N=C(N)Nc1ccc(-c2ccc(-c3ccc(-c4ccc(NC(=N)N)s4)o3)o2)s1. The van der Waals surface area contributed by atoms with E-state index in [1.165, 1.54) is 22.7 Å². The van der Waals surface area contributed by atoms with Gasteiger partial charge in [-0.3, -0.25) is 10.8 Å². The number of guanidine groups is 2. The summed E-state index contributed by atoms with van der Waals surface area (Å²) in [4.78, 5) is 1.83. The van der Waals surface area contributed by atoms with Crippen molar-refractivity contribution < 1.29 is 8.83 Å². The molecule has 10 heteroatoms. The summed E-state index contributed by atoms with van der Waals surface area (Å²) in [5, 5.41) is 21.6. The van der Waals surface area contributed by atoms with Crippen LogP contribution in [0.15, 0.2) is 57.4 Å². The molecule has 0 radical (unpaired) electrons. The molecule has 8 N–H and O–H groups in total. The third kappa shape index (κ3) is 3.77. The van der Waals surface area contributed by atoms with E-state index >= 15 is 0 Å². The molecule has 8 nitrogen and oxygen atoms in total. The van der Waals surface area contributed by atoms with Gasteiger partial charge in [0.25, 0.3) is 0 Å². The highest BCUT2D eigenvalue weighted by Crippen LogP contribution is 2.38. The van der Waals surface area contributed by atoms with Gasteiger partial charge in [-0.05, 0) is 48.5 Å². The van der Waals surface area contributed by atoms with Crippen LogP contribution in [0.25, 0.3) is 32.8 Å². The molecule has 0 amide bonds. The minimum Gasteiger partial charge on any atom is -0.452 e. The maximum absolute atomic E-state index is 7.29. The first kappa shape index (κ1) is 17.9. The summed E-state index contributed by atoms with van der Waals surface area (Å²) in [6.45, 7) is 0. The quantitative estimate of drug-likeness (QED) is 0.208. The standard InChI is InChI=1S/C18H16N6O2S2/c19-17(20)23-15-7-5-13(27-15)11-3-1-9(25-11)10-2-4-12(26-10)14-6-8-16(28-14)24-18(21)22/h1-8H,(H4,19,20,23)(H4,21,22,24). The molecule has 0 atom stereocenters. The lowest BCUT2D eigenvalue weighted by atomic mass is 10.3. The van der Waals surface area contributed by atoms with Crippen LogP contribution >= 0.6 is 22.7 Å². The Kier molecular flexibility index (Phi) is 4.63. The number of hydrogen-bond donors (Lipinski definition) is 6. The third-order valence-corrected chi connectivity index (χ3v) is 5.70. The molecule has 0 fully saturated rings. The van der Waals surface area contributed by atoms with E-state index in [4.69, 9.17) is 31.1 Å². The lowest BCUT2D eigenvalue weighted by Gasteiger charge is -1.97. The van der Waals surface area contributed by atoms with E-state index in [1.54, 1.807) is 0 Å². The van der Waals surface area contributed by atoms with Crippen molar-refractivity contribution >= 4 is 44.6 Å². The molecule has 4 heterocycles. The number of hydrogen-bond acceptors (Lipinski definition) is 6. The van der Waals surface area contributed by atoms with E-state index in [-0.39, 0.29) is 11.9 Å². The van der Waals surface area contributed by atoms with Crippen LogP contribution in [-0.4, -0.2) is 11.9 Å². The zero-order chi connectivity index (χ0) is 19.7. The number of thiophene rings is 2. The molecule has 0 aromatic carbocycles. The molecule has 0 saturated carbocycles. The van der Waals surface area contributed by atoms with E-state index < -0.39 is 0 Å². The number of furan rings is 2.